The molecule has 0 saturated carbocycles. The fourth-order valence-electron chi connectivity index (χ4n) is 2.36. The Balaban J connectivity index is 2.44. The van der Waals surface area contributed by atoms with Crippen molar-refractivity contribution in [3.05, 3.63) is 29.3 Å². The molecule has 3 amide bonds. The molecule has 0 spiro atoms. The zero-order chi connectivity index (χ0) is 16.5. The van der Waals surface area contributed by atoms with Gasteiger partial charge in [-0.25, -0.2) is 4.79 Å². The first-order chi connectivity index (χ1) is 10.4. The third-order valence-corrected chi connectivity index (χ3v) is 3.62. The van der Waals surface area contributed by atoms with E-state index in [-0.39, 0.29) is 12.1 Å². The molecule has 1 unspecified atom stereocenters. The van der Waals surface area contributed by atoms with Crippen LogP contribution in [0.25, 0.3) is 0 Å². The Morgan fingerprint density at radius 3 is 2.55 bits per heavy atom. The number of nitrogens with one attached hydrogen (secondary N) is 2. The van der Waals surface area contributed by atoms with Gasteiger partial charge in [0.2, 0.25) is 5.91 Å². The monoisotopic (exact) mass is 305 g/mol. The Labute approximate surface area is 132 Å². The molecular weight excluding hydrogens is 278 g/mol. The van der Waals surface area contributed by atoms with Crippen LogP contribution < -0.4 is 16.4 Å². The van der Waals surface area contributed by atoms with E-state index in [1.807, 2.05) is 6.92 Å². The first kappa shape index (κ1) is 18.0. The zero-order valence-corrected chi connectivity index (χ0v) is 13.7. The Morgan fingerprint density at radius 2 is 1.95 bits per heavy atom. The molecular formula is C17H27N3O2. The lowest BCUT2D eigenvalue weighted by molar-refractivity contribution is 0.0999. The Bertz CT molecular complexity index is 515. The van der Waals surface area contributed by atoms with Crippen LogP contribution in [0.1, 0.15) is 61.9 Å². The minimum Gasteiger partial charge on any atom is -0.366 e. The van der Waals surface area contributed by atoms with Crippen LogP contribution in [0.2, 0.25) is 0 Å². The number of urea groups is 1. The maximum atomic E-state index is 11.9. The van der Waals surface area contributed by atoms with Gasteiger partial charge in [0.05, 0.1) is 0 Å². The molecule has 0 heterocycles. The second-order valence-electron chi connectivity index (χ2n) is 5.74. The summed E-state index contributed by atoms with van der Waals surface area (Å²) in [6.45, 7) is 5.98. The number of carbonyl (C=O) groups is 2. The van der Waals surface area contributed by atoms with Gasteiger partial charge in [-0.15, -0.1) is 0 Å². The average Bonchev–Trinajstić information content (AvgIpc) is 2.43. The maximum Gasteiger partial charge on any atom is 0.319 e. The second-order valence-corrected chi connectivity index (χ2v) is 5.74. The van der Waals surface area contributed by atoms with Gasteiger partial charge in [0.1, 0.15) is 0 Å². The predicted octanol–water partition coefficient (Wildman–Crippen LogP) is 3.57. The SMILES string of the molecule is CCCCCCC(C)NC(=O)Nc1ccc(C(N)=O)c(C)c1. The standard InChI is InChI=1S/C17H27N3O2/c1-4-5-6-7-8-13(3)19-17(22)20-14-9-10-15(16(18)21)12(2)11-14/h9-11,13H,4-8H2,1-3H3,(H2,18,21)(H2,19,20,22). The first-order valence-electron chi connectivity index (χ1n) is 7.92. The first-order valence-corrected chi connectivity index (χ1v) is 7.92. The topological polar surface area (TPSA) is 84.2 Å². The molecule has 0 radical (unpaired) electrons. The zero-order valence-electron chi connectivity index (χ0n) is 13.7. The largest absolute Gasteiger partial charge is 0.366 e. The molecule has 1 rings (SSSR count). The number of amides is 3. The summed E-state index contributed by atoms with van der Waals surface area (Å²) in [5.74, 6) is -0.464. The number of aryl methyl sites for hydroxylation is 1. The van der Waals surface area contributed by atoms with Crippen molar-refractivity contribution >= 4 is 17.6 Å². The van der Waals surface area contributed by atoms with E-state index < -0.39 is 5.91 Å². The van der Waals surface area contributed by atoms with Crippen LogP contribution in [0.4, 0.5) is 10.5 Å². The summed E-state index contributed by atoms with van der Waals surface area (Å²) >= 11 is 0. The summed E-state index contributed by atoms with van der Waals surface area (Å²) in [7, 11) is 0. The molecule has 22 heavy (non-hydrogen) atoms. The summed E-state index contributed by atoms with van der Waals surface area (Å²) in [6.07, 6.45) is 5.76. The van der Waals surface area contributed by atoms with Crippen LogP contribution in [-0.4, -0.2) is 18.0 Å². The molecule has 0 aliphatic carbocycles. The lowest BCUT2D eigenvalue weighted by atomic mass is 10.1. The number of nitrogens with two attached hydrogens (primary N) is 1. The molecule has 0 aromatic heterocycles. The summed E-state index contributed by atoms with van der Waals surface area (Å²) in [4.78, 5) is 23.1. The highest BCUT2D eigenvalue weighted by Crippen LogP contribution is 2.15. The van der Waals surface area contributed by atoms with Gasteiger partial charge >= 0.3 is 6.03 Å². The minimum absolute atomic E-state index is 0.142. The van der Waals surface area contributed by atoms with Crippen molar-refractivity contribution in [3.8, 4) is 0 Å². The van der Waals surface area contributed by atoms with Crippen LogP contribution in [0.15, 0.2) is 18.2 Å². The smallest absolute Gasteiger partial charge is 0.319 e. The summed E-state index contributed by atoms with van der Waals surface area (Å²) in [6, 6.07) is 4.96. The van der Waals surface area contributed by atoms with Crippen molar-refractivity contribution in [2.24, 2.45) is 5.73 Å². The summed E-state index contributed by atoms with van der Waals surface area (Å²) in [5.41, 5.74) is 7.13. The van der Waals surface area contributed by atoms with Crippen molar-refractivity contribution in [1.29, 1.82) is 0 Å². The van der Waals surface area contributed by atoms with Gasteiger partial charge in [-0.1, -0.05) is 32.6 Å². The minimum atomic E-state index is -0.464. The number of primary amides is 1. The van der Waals surface area contributed by atoms with Gasteiger partial charge in [0.15, 0.2) is 0 Å². The van der Waals surface area contributed by atoms with Crippen molar-refractivity contribution in [2.45, 2.75) is 58.9 Å². The highest BCUT2D eigenvalue weighted by molar-refractivity contribution is 5.96. The van der Waals surface area contributed by atoms with Gasteiger partial charge in [-0.3, -0.25) is 4.79 Å². The van der Waals surface area contributed by atoms with Gasteiger partial charge < -0.3 is 16.4 Å². The molecule has 0 fully saturated rings. The van der Waals surface area contributed by atoms with E-state index in [4.69, 9.17) is 5.73 Å². The lowest BCUT2D eigenvalue weighted by Crippen LogP contribution is -2.36. The molecule has 0 saturated heterocycles. The van der Waals surface area contributed by atoms with E-state index in [1.165, 1.54) is 19.3 Å². The van der Waals surface area contributed by atoms with Gasteiger partial charge in [0.25, 0.3) is 0 Å². The Kier molecular flexibility index (Phi) is 7.43. The van der Waals surface area contributed by atoms with E-state index in [0.29, 0.717) is 11.3 Å². The molecule has 0 bridgehead atoms. The average molecular weight is 305 g/mol. The highest BCUT2D eigenvalue weighted by Gasteiger charge is 2.09. The van der Waals surface area contributed by atoms with Gasteiger partial charge in [-0.2, -0.15) is 0 Å². The van der Waals surface area contributed by atoms with Crippen LogP contribution >= 0.6 is 0 Å². The molecule has 122 valence electrons. The van der Waals surface area contributed by atoms with E-state index in [2.05, 4.69) is 17.6 Å². The quantitative estimate of drug-likeness (QED) is 0.641. The summed E-state index contributed by atoms with van der Waals surface area (Å²) < 4.78 is 0. The van der Waals surface area contributed by atoms with Crippen molar-refractivity contribution in [2.75, 3.05) is 5.32 Å². The number of carbonyl (C=O) groups excluding carboxylic acids is 2. The fraction of sp³-hybridized carbons (Fsp3) is 0.529. The van der Waals surface area contributed by atoms with Crippen LogP contribution in [0.5, 0.6) is 0 Å². The number of rotatable bonds is 8. The predicted molar refractivity (Wildman–Crippen MR) is 90.1 cm³/mol. The molecule has 4 N–H and O–H groups in total. The number of hydrogen-bond donors (Lipinski definition) is 3. The molecule has 0 aliphatic heterocycles. The molecule has 5 heteroatoms. The van der Waals surface area contributed by atoms with E-state index in [9.17, 15) is 9.59 Å². The van der Waals surface area contributed by atoms with E-state index in [1.54, 1.807) is 25.1 Å². The number of anilines is 1. The number of benzene rings is 1. The van der Waals surface area contributed by atoms with E-state index >= 15 is 0 Å². The molecule has 1 atom stereocenters. The number of unbranched alkanes of at least 4 members (excludes halogenated alkanes) is 3. The normalized spacial score (nSPS) is 11.8. The van der Waals surface area contributed by atoms with Crippen molar-refractivity contribution in [1.82, 2.24) is 5.32 Å². The summed E-state index contributed by atoms with van der Waals surface area (Å²) in [5, 5.41) is 5.70. The van der Waals surface area contributed by atoms with Crippen LogP contribution in [0, 0.1) is 6.92 Å². The van der Waals surface area contributed by atoms with E-state index in [0.717, 1.165) is 18.4 Å². The molecule has 1 aromatic rings. The van der Waals surface area contributed by atoms with Gasteiger partial charge in [0, 0.05) is 17.3 Å². The molecule has 0 aliphatic rings. The maximum absolute atomic E-state index is 11.9. The fourth-order valence-corrected chi connectivity index (χ4v) is 2.36. The van der Waals surface area contributed by atoms with Crippen LogP contribution in [-0.2, 0) is 0 Å². The number of hydrogen-bond acceptors (Lipinski definition) is 2. The Morgan fingerprint density at radius 1 is 1.23 bits per heavy atom. The van der Waals surface area contributed by atoms with Crippen molar-refractivity contribution < 1.29 is 9.59 Å². The lowest BCUT2D eigenvalue weighted by Gasteiger charge is -2.15. The van der Waals surface area contributed by atoms with Crippen molar-refractivity contribution in [3.63, 3.8) is 0 Å². The highest BCUT2D eigenvalue weighted by atomic mass is 16.2. The van der Waals surface area contributed by atoms with Gasteiger partial charge in [-0.05, 0) is 44.0 Å². The second kappa shape index (κ2) is 9.07. The third kappa shape index (κ3) is 6.16. The third-order valence-electron chi connectivity index (χ3n) is 3.62. The van der Waals surface area contributed by atoms with Crippen LogP contribution in [0.3, 0.4) is 0 Å². The Hall–Kier alpha value is -2.04. The molecule has 1 aromatic carbocycles. The molecule has 5 nitrogen and oxygen atoms in total.